The van der Waals surface area contributed by atoms with Crippen molar-refractivity contribution in [3.05, 3.63) is 93.4 Å². The Morgan fingerprint density at radius 3 is 2.73 bits per heavy atom. The molecular weight excluding hydrogens is 379 g/mol. The summed E-state index contributed by atoms with van der Waals surface area (Å²) in [5, 5.41) is 0. The molecule has 0 bridgehead atoms. The number of hydrogen-bond donors (Lipinski definition) is 0. The number of aryl methyl sites for hydroxylation is 2. The van der Waals surface area contributed by atoms with Crippen LogP contribution in [0.2, 0.25) is 0 Å². The van der Waals surface area contributed by atoms with Crippen LogP contribution in [0.4, 0.5) is 4.39 Å². The van der Waals surface area contributed by atoms with E-state index in [-0.39, 0.29) is 11.5 Å². The number of benzene rings is 2. The Kier molecular flexibility index (Phi) is 5.53. The summed E-state index contributed by atoms with van der Waals surface area (Å²) in [6.45, 7) is 5.01. The Hall–Kier alpha value is -3.21. The quantitative estimate of drug-likeness (QED) is 0.636. The van der Waals surface area contributed by atoms with E-state index in [1.807, 2.05) is 19.2 Å². The molecule has 3 aromatic rings. The molecule has 0 unspecified atom stereocenters. The second-order valence-electron chi connectivity index (χ2n) is 7.89. The van der Waals surface area contributed by atoms with E-state index in [1.54, 1.807) is 24.1 Å². The highest BCUT2D eigenvalue weighted by Gasteiger charge is 2.24. The molecule has 4 rings (SSSR count). The van der Waals surface area contributed by atoms with Gasteiger partial charge in [-0.2, -0.15) is 0 Å². The number of nitrogens with zero attached hydrogens (tertiary/aromatic N) is 2. The molecule has 30 heavy (non-hydrogen) atoms. The van der Waals surface area contributed by atoms with Crippen molar-refractivity contribution in [1.82, 2.24) is 9.88 Å². The van der Waals surface area contributed by atoms with Gasteiger partial charge >= 0.3 is 0 Å². The lowest BCUT2D eigenvalue weighted by Crippen LogP contribution is -2.36. The average molecular weight is 404 g/mol. The molecule has 2 heterocycles. The number of fused-ring (bicyclic) bond motifs is 1. The maximum Gasteiger partial charge on any atom is 0.257 e. The summed E-state index contributed by atoms with van der Waals surface area (Å²) in [5.74, 6) is -0.102. The number of rotatable bonds is 4. The van der Waals surface area contributed by atoms with Gasteiger partial charge in [0.1, 0.15) is 5.82 Å². The number of aromatic nitrogens is 1. The van der Waals surface area contributed by atoms with Gasteiger partial charge < -0.3 is 9.64 Å². The molecule has 5 heteroatoms. The van der Waals surface area contributed by atoms with Crippen molar-refractivity contribution in [3.8, 4) is 5.88 Å². The third-order valence-electron chi connectivity index (χ3n) is 5.72. The lowest BCUT2D eigenvalue weighted by molar-refractivity contribution is 0.0730. The summed E-state index contributed by atoms with van der Waals surface area (Å²) in [4.78, 5) is 19.0. The molecule has 1 aliphatic rings. The Bertz CT molecular complexity index is 1110. The van der Waals surface area contributed by atoms with E-state index in [0.717, 1.165) is 35.1 Å². The van der Waals surface area contributed by atoms with Crippen molar-refractivity contribution >= 4 is 5.91 Å². The van der Waals surface area contributed by atoms with Crippen LogP contribution >= 0.6 is 0 Å². The van der Waals surface area contributed by atoms with Gasteiger partial charge in [0.2, 0.25) is 5.88 Å². The number of carbonyl (C=O) groups excluding carboxylic acids is 1. The minimum absolute atomic E-state index is 0.148. The van der Waals surface area contributed by atoms with E-state index in [1.165, 1.54) is 17.2 Å². The normalized spacial score (nSPS) is 13.1. The highest BCUT2D eigenvalue weighted by molar-refractivity contribution is 5.94. The zero-order valence-corrected chi connectivity index (χ0v) is 17.5. The molecule has 0 saturated heterocycles. The predicted octanol–water partition coefficient (Wildman–Crippen LogP) is 4.64. The molecule has 0 radical (unpaired) electrons. The number of amides is 1. The molecule has 1 aromatic heterocycles. The van der Waals surface area contributed by atoms with E-state index in [2.05, 4.69) is 30.1 Å². The van der Waals surface area contributed by atoms with Gasteiger partial charge in [-0.15, -0.1) is 0 Å². The number of hydrogen-bond acceptors (Lipinski definition) is 3. The van der Waals surface area contributed by atoms with Gasteiger partial charge in [0.25, 0.3) is 5.91 Å². The third kappa shape index (κ3) is 4.06. The van der Waals surface area contributed by atoms with Gasteiger partial charge in [0, 0.05) is 25.4 Å². The lowest BCUT2D eigenvalue weighted by atomic mass is 9.94. The van der Waals surface area contributed by atoms with Gasteiger partial charge in [-0.1, -0.05) is 29.8 Å². The summed E-state index contributed by atoms with van der Waals surface area (Å²) >= 11 is 0. The van der Waals surface area contributed by atoms with E-state index in [0.29, 0.717) is 19.0 Å². The van der Waals surface area contributed by atoms with Gasteiger partial charge in [-0.3, -0.25) is 4.79 Å². The second kappa shape index (κ2) is 8.27. The van der Waals surface area contributed by atoms with Crippen LogP contribution in [0.3, 0.4) is 0 Å². The lowest BCUT2D eigenvalue weighted by Gasteiger charge is -2.29. The van der Waals surface area contributed by atoms with Gasteiger partial charge in [-0.25, -0.2) is 9.37 Å². The van der Waals surface area contributed by atoms with Crippen LogP contribution in [0.25, 0.3) is 0 Å². The molecule has 154 valence electrons. The Labute approximate surface area is 176 Å². The molecule has 1 aliphatic heterocycles. The molecule has 1 amide bonds. The van der Waals surface area contributed by atoms with E-state index >= 15 is 0 Å². The number of methoxy groups -OCH3 is 1. The Morgan fingerprint density at radius 2 is 1.97 bits per heavy atom. The maximum absolute atomic E-state index is 14.2. The van der Waals surface area contributed by atoms with Crippen molar-refractivity contribution < 1.29 is 13.9 Å². The van der Waals surface area contributed by atoms with Crippen LogP contribution in [0.5, 0.6) is 5.88 Å². The zero-order chi connectivity index (χ0) is 21.3. The fraction of sp³-hybridized carbons (Fsp3) is 0.280. The van der Waals surface area contributed by atoms with Crippen molar-refractivity contribution in [3.63, 3.8) is 0 Å². The first-order valence-corrected chi connectivity index (χ1v) is 10.1. The smallest absolute Gasteiger partial charge is 0.257 e. The van der Waals surface area contributed by atoms with Crippen LogP contribution in [-0.4, -0.2) is 29.4 Å². The topological polar surface area (TPSA) is 42.4 Å². The van der Waals surface area contributed by atoms with Gasteiger partial charge in [0.15, 0.2) is 0 Å². The third-order valence-corrected chi connectivity index (χ3v) is 5.72. The summed E-state index contributed by atoms with van der Waals surface area (Å²) in [6, 6.07) is 13.1. The Morgan fingerprint density at radius 1 is 1.13 bits per heavy atom. The number of halogens is 1. The van der Waals surface area contributed by atoms with E-state index in [9.17, 15) is 9.18 Å². The van der Waals surface area contributed by atoms with Crippen LogP contribution < -0.4 is 4.74 Å². The highest BCUT2D eigenvalue weighted by atomic mass is 19.1. The largest absolute Gasteiger partial charge is 0.481 e. The molecule has 0 atom stereocenters. The van der Waals surface area contributed by atoms with Crippen LogP contribution in [0.15, 0.2) is 48.7 Å². The zero-order valence-electron chi connectivity index (χ0n) is 17.5. The molecular formula is C25H25FN2O2. The number of pyridine rings is 1. The minimum atomic E-state index is -0.465. The SMILES string of the molecule is COc1cc(C)c(Cc2ccc3c(c2)CN(C(=O)c2cc(C)ccc2F)CC3)cn1. The fourth-order valence-electron chi connectivity index (χ4n) is 3.94. The second-order valence-corrected chi connectivity index (χ2v) is 7.89. The van der Waals surface area contributed by atoms with Crippen LogP contribution in [0.1, 0.15) is 43.7 Å². The fourth-order valence-corrected chi connectivity index (χ4v) is 3.94. The number of carbonyl (C=O) groups is 1. The maximum atomic E-state index is 14.2. The summed E-state index contributed by atoms with van der Waals surface area (Å²) in [7, 11) is 1.61. The van der Waals surface area contributed by atoms with Crippen molar-refractivity contribution in [2.45, 2.75) is 33.2 Å². The summed E-state index contributed by atoms with van der Waals surface area (Å²) in [6.07, 6.45) is 3.39. The predicted molar refractivity (Wildman–Crippen MR) is 114 cm³/mol. The molecule has 0 N–H and O–H groups in total. The summed E-state index contributed by atoms with van der Waals surface area (Å²) in [5.41, 5.74) is 6.83. The first-order chi connectivity index (χ1) is 14.4. The minimum Gasteiger partial charge on any atom is -0.481 e. The first-order valence-electron chi connectivity index (χ1n) is 10.1. The molecule has 0 saturated carbocycles. The average Bonchev–Trinajstić information content (AvgIpc) is 2.75. The van der Waals surface area contributed by atoms with Crippen molar-refractivity contribution in [2.75, 3.05) is 13.7 Å². The molecule has 0 spiro atoms. The van der Waals surface area contributed by atoms with Crippen LogP contribution in [-0.2, 0) is 19.4 Å². The van der Waals surface area contributed by atoms with Crippen LogP contribution in [0, 0.1) is 19.7 Å². The Balaban J connectivity index is 1.55. The van der Waals surface area contributed by atoms with Crippen molar-refractivity contribution in [2.24, 2.45) is 0 Å². The molecule has 0 fully saturated rings. The van der Waals surface area contributed by atoms with Gasteiger partial charge in [-0.05, 0) is 66.6 Å². The summed E-state index contributed by atoms with van der Waals surface area (Å²) < 4.78 is 19.4. The van der Waals surface area contributed by atoms with Crippen molar-refractivity contribution in [1.29, 1.82) is 0 Å². The molecule has 2 aromatic carbocycles. The highest BCUT2D eigenvalue weighted by Crippen LogP contribution is 2.25. The molecule has 0 aliphatic carbocycles. The van der Waals surface area contributed by atoms with E-state index < -0.39 is 5.82 Å². The standard InChI is InChI=1S/C25H25FN2O2/c1-16-4-7-23(26)22(10-16)25(29)28-9-8-19-6-5-18(13-21(19)15-28)12-20-14-27-24(30-3)11-17(20)2/h4-7,10-11,13-14H,8-9,12,15H2,1-3H3. The monoisotopic (exact) mass is 404 g/mol. The number of ether oxygens (including phenoxy) is 1. The first kappa shape index (κ1) is 20.1. The molecule has 4 nitrogen and oxygen atoms in total. The van der Waals surface area contributed by atoms with Gasteiger partial charge in [0.05, 0.1) is 12.7 Å². The van der Waals surface area contributed by atoms with E-state index in [4.69, 9.17) is 4.74 Å².